The van der Waals surface area contributed by atoms with Gasteiger partial charge in [-0.3, -0.25) is 9.59 Å². The molecule has 0 aromatic heterocycles. The topological polar surface area (TPSA) is 58.2 Å². The highest BCUT2D eigenvalue weighted by Gasteiger charge is 2.11. The standard InChI is InChI=1S/C16H14ClFN2O2/c1-10(21)11-5-2-3-7-13(11)20-15(22)9-19-14-8-4-6-12(17)16(14)18/h2-8,19H,9H2,1H3,(H,20,22). The number of carbonyl (C=O) groups excluding carboxylic acids is 2. The van der Waals surface area contributed by atoms with Crippen molar-refractivity contribution in [3.05, 3.63) is 58.9 Å². The normalized spacial score (nSPS) is 10.1. The lowest BCUT2D eigenvalue weighted by atomic mass is 10.1. The van der Waals surface area contributed by atoms with Gasteiger partial charge in [-0.1, -0.05) is 29.8 Å². The molecule has 2 aromatic rings. The van der Waals surface area contributed by atoms with Gasteiger partial charge in [0.05, 0.1) is 22.9 Å². The molecule has 0 aliphatic rings. The predicted molar refractivity (Wildman–Crippen MR) is 85.0 cm³/mol. The maximum absolute atomic E-state index is 13.7. The summed E-state index contributed by atoms with van der Waals surface area (Å²) in [6.07, 6.45) is 0. The van der Waals surface area contributed by atoms with Crippen molar-refractivity contribution in [2.75, 3.05) is 17.2 Å². The highest BCUT2D eigenvalue weighted by atomic mass is 35.5. The van der Waals surface area contributed by atoms with Crippen molar-refractivity contribution >= 4 is 34.7 Å². The van der Waals surface area contributed by atoms with E-state index in [0.29, 0.717) is 11.3 Å². The number of ketones is 1. The number of nitrogens with one attached hydrogen (secondary N) is 2. The van der Waals surface area contributed by atoms with E-state index in [0.717, 1.165) is 0 Å². The number of hydrogen-bond acceptors (Lipinski definition) is 3. The number of amides is 1. The summed E-state index contributed by atoms with van der Waals surface area (Å²) in [5.41, 5.74) is 0.987. The Morgan fingerprint density at radius 2 is 1.77 bits per heavy atom. The van der Waals surface area contributed by atoms with Crippen LogP contribution in [0.15, 0.2) is 42.5 Å². The zero-order valence-corrected chi connectivity index (χ0v) is 12.6. The molecule has 2 N–H and O–H groups in total. The van der Waals surface area contributed by atoms with Crippen molar-refractivity contribution < 1.29 is 14.0 Å². The van der Waals surface area contributed by atoms with Gasteiger partial charge in [0.2, 0.25) is 5.91 Å². The van der Waals surface area contributed by atoms with Gasteiger partial charge in [-0.05, 0) is 31.2 Å². The molecule has 0 radical (unpaired) electrons. The summed E-state index contributed by atoms with van der Waals surface area (Å²) >= 11 is 5.66. The van der Waals surface area contributed by atoms with E-state index in [1.807, 2.05) is 0 Å². The maximum atomic E-state index is 13.7. The second-order valence-corrected chi connectivity index (χ2v) is 5.01. The minimum atomic E-state index is -0.610. The van der Waals surface area contributed by atoms with Gasteiger partial charge in [-0.15, -0.1) is 0 Å². The van der Waals surface area contributed by atoms with Crippen LogP contribution in [0.25, 0.3) is 0 Å². The van der Waals surface area contributed by atoms with Crippen LogP contribution in [0.3, 0.4) is 0 Å². The molecule has 0 unspecified atom stereocenters. The largest absolute Gasteiger partial charge is 0.374 e. The monoisotopic (exact) mass is 320 g/mol. The smallest absolute Gasteiger partial charge is 0.243 e. The number of Topliss-reactive ketones (excluding diaryl/α,β-unsaturated/α-hetero) is 1. The van der Waals surface area contributed by atoms with Crippen molar-refractivity contribution in [3.8, 4) is 0 Å². The van der Waals surface area contributed by atoms with Gasteiger partial charge >= 0.3 is 0 Å². The number of benzene rings is 2. The van der Waals surface area contributed by atoms with E-state index in [2.05, 4.69) is 10.6 Å². The molecule has 22 heavy (non-hydrogen) atoms. The van der Waals surface area contributed by atoms with Crippen LogP contribution in [0.2, 0.25) is 5.02 Å². The van der Waals surface area contributed by atoms with Gasteiger partial charge in [-0.2, -0.15) is 0 Å². The number of halogens is 2. The molecule has 0 spiro atoms. The SMILES string of the molecule is CC(=O)c1ccccc1NC(=O)CNc1cccc(Cl)c1F. The minimum absolute atomic E-state index is 0.0210. The summed E-state index contributed by atoms with van der Waals surface area (Å²) < 4.78 is 13.7. The number of rotatable bonds is 5. The van der Waals surface area contributed by atoms with E-state index in [-0.39, 0.29) is 23.0 Å². The molecule has 0 fully saturated rings. The maximum Gasteiger partial charge on any atom is 0.243 e. The molecule has 0 atom stereocenters. The molecule has 4 nitrogen and oxygen atoms in total. The highest BCUT2D eigenvalue weighted by Crippen LogP contribution is 2.22. The lowest BCUT2D eigenvalue weighted by Gasteiger charge is -2.11. The van der Waals surface area contributed by atoms with Crippen LogP contribution in [0.4, 0.5) is 15.8 Å². The molecule has 0 saturated carbocycles. The van der Waals surface area contributed by atoms with Gasteiger partial charge in [0, 0.05) is 5.56 Å². The fraction of sp³-hybridized carbons (Fsp3) is 0.125. The fourth-order valence-electron chi connectivity index (χ4n) is 1.91. The van der Waals surface area contributed by atoms with Crippen LogP contribution < -0.4 is 10.6 Å². The average Bonchev–Trinajstić information content (AvgIpc) is 2.49. The molecule has 114 valence electrons. The summed E-state index contributed by atoms with van der Waals surface area (Å²) in [7, 11) is 0. The molecule has 0 aliphatic carbocycles. The van der Waals surface area contributed by atoms with E-state index in [9.17, 15) is 14.0 Å². The van der Waals surface area contributed by atoms with Crippen LogP contribution in [0, 0.1) is 5.82 Å². The lowest BCUT2D eigenvalue weighted by Crippen LogP contribution is -2.23. The van der Waals surface area contributed by atoms with Crippen LogP contribution in [0.5, 0.6) is 0 Å². The first kappa shape index (κ1) is 16.0. The number of hydrogen-bond donors (Lipinski definition) is 2. The number of carbonyl (C=O) groups is 2. The molecular weight excluding hydrogens is 307 g/mol. The zero-order valence-electron chi connectivity index (χ0n) is 11.8. The summed E-state index contributed by atoms with van der Waals surface area (Å²) in [4.78, 5) is 23.4. The Kier molecular flexibility index (Phi) is 5.12. The van der Waals surface area contributed by atoms with Crippen molar-refractivity contribution in [1.29, 1.82) is 0 Å². The van der Waals surface area contributed by atoms with Gasteiger partial charge in [0.1, 0.15) is 0 Å². The van der Waals surface area contributed by atoms with Crippen molar-refractivity contribution in [2.24, 2.45) is 0 Å². The van der Waals surface area contributed by atoms with Gasteiger partial charge in [0.25, 0.3) is 0 Å². The summed E-state index contributed by atoms with van der Waals surface area (Å²) in [6, 6.07) is 11.2. The van der Waals surface area contributed by atoms with Gasteiger partial charge in [-0.25, -0.2) is 4.39 Å². The fourth-order valence-corrected chi connectivity index (χ4v) is 2.08. The molecule has 6 heteroatoms. The Balaban J connectivity index is 2.02. The Bertz CT molecular complexity index is 719. The summed E-state index contributed by atoms with van der Waals surface area (Å²) in [6.45, 7) is 1.27. The van der Waals surface area contributed by atoms with E-state index >= 15 is 0 Å². The first-order valence-electron chi connectivity index (χ1n) is 6.56. The van der Waals surface area contributed by atoms with Gasteiger partial charge < -0.3 is 10.6 Å². The Morgan fingerprint density at radius 1 is 1.09 bits per heavy atom. The Hall–Kier alpha value is -2.40. The average molecular weight is 321 g/mol. The second-order valence-electron chi connectivity index (χ2n) is 4.60. The first-order valence-corrected chi connectivity index (χ1v) is 6.94. The van der Waals surface area contributed by atoms with Gasteiger partial charge in [0.15, 0.2) is 11.6 Å². The number of anilines is 2. The van der Waals surface area contributed by atoms with E-state index in [1.165, 1.54) is 19.1 Å². The Morgan fingerprint density at radius 3 is 2.50 bits per heavy atom. The van der Waals surface area contributed by atoms with E-state index in [4.69, 9.17) is 11.6 Å². The van der Waals surface area contributed by atoms with Crippen LogP contribution in [-0.4, -0.2) is 18.2 Å². The molecule has 2 rings (SSSR count). The van der Waals surface area contributed by atoms with E-state index < -0.39 is 11.7 Å². The van der Waals surface area contributed by atoms with Crippen LogP contribution in [-0.2, 0) is 4.79 Å². The molecule has 0 aliphatic heterocycles. The molecular formula is C16H14ClFN2O2. The lowest BCUT2D eigenvalue weighted by molar-refractivity contribution is -0.114. The quantitative estimate of drug-likeness (QED) is 0.825. The van der Waals surface area contributed by atoms with Crippen LogP contribution in [0.1, 0.15) is 17.3 Å². The summed E-state index contributed by atoms with van der Waals surface area (Å²) in [5, 5.41) is 5.26. The van der Waals surface area contributed by atoms with Crippen LogP contribution >= 0.6 is 11.6 Å². The second kappa shape index (κ2) is 7.04. The zero-order chi connectivity index (χ0) is 16.1. The number of para-hydroxylation sites is 1. The van der Waals surface area contributed by atoms with Crippen molar-refractivity contribution in [3.63, 3.8) is 0 Å². The summed E-state index contributed by atoms with van der Waals surface area (Å²) in [5.74, 6) is -1.15. The van der Waals surface area contributed by atoms with Crippen molar-refractivity contribution in [2.45, 2.75) is 6.92 Å². The molecule has 2 aromatic carbocycles. The third-order valence-corrected chi connectivity index (χ3v) is 3.26. The Labute approximate surface area is 132 Å². The predicted octanol–water partition coefficient (Wildman–Crippen LogP) is 3.73. The molecule has 1 amide bonds. The van der Waals surface area contributed by atoms with Crippen molar-refractivity contribution in [1.82, 2.24) is 0 Å². The van der Waals surface area contributed by atoms with E-state index in [1.54, 1.807) is 30.3 Å². The molecule has 0 bridgehead atoms. The third-order valence-electron chi connectivity index (χ3n) is 2.97. The molecule has 0 heterocycles. The highest BCUT2D eigenvalue weighted by molar-refractivity contribution is 6.31. The third kappa shape index (κ3) is 3.83. The molecule has 0 saturated heterocycles. The first-order chi connectivity index (χ1) is 10.5. The minimum Gasteiger partial charge on any atom is -0.374 e.